The zero-order valence-corrected chi connectivity index (χ0v) is 13.4. The Bertz CT molecular complexity index is 494. The molecule has 0 aliphatic carbocycles. The first-order chi connectivity index (χ1) is 10.1. The summed E-state index contributed by atoms with van der Waals surface area (Å²) in [6.07, 6.45) is 3.18. The van der Waals surface area contributed by atoms with E-state index in [1.165, 1.54) is 11.1 Å². The van der Waals surface area contributed by atoms with Gasteiger partial charge in [0.05, 0.1) is 6.10 Å². The van der Waals surface area contributed by atoms with Gasteiger partial charge in [0.15, 0.2) is 0 Å². The predicted octanol–water partition coefficient (Wildman–Crippen LogP) is 3.80. The lowest BCUT2D eigenvalue weighted by molar-refractivity contribution is -0.136. The van der Waals surface area contributed by atoms with E-state index in [0.717, 1.165) is 37.8 Å². The molecule has 1 aliphatic heterocycles. The van der Waals surface area contributed by atoms with Gasteiger partial charge >= 0.3 is 0 Å². The number of carbonyl (C=O) groups is 1. The topological polar surface area (TPSA) is 40.5 Å². The normalized spacial score (nSPS) is 15.4. The van der Waals surface area contributed by atoms with Crippen molar-refractivity contribution >= 4 is 5.91 Å². The number of benzene rings is 1. The molecule has 21 heavy (non-hydrogen) atoms. The Morgan fingerprint density at radius 2 is 1.86 bits per heavy atom. The van der Waals surface area contributed by atoms with Gasteiger partial charge in [-0.15, -0.1) is 0 Å². The highest BCUT2D eigenvalue weighted by Crippen LogP contribution is 2.29. The van der Waals surface area contributed by atoms with E-state index >= 15 is 0 Å². The summed E-state index contributed by atoms with van der Waals surface area (Å²) in [6, 6.07) is 6.16. The Morgan fingerprint density at radius 3 is 2.48 bits per heavy atom. The fraction of sp³-hybridized carbons (Fsp3) is 0.611. The SMILES string of the molecule is CCCC(O)c1ccc2c(c1)CN(C(=O)C(CC)CC)C2. The van der Waals surface area contributed by atoms with Crippen LogP contribution >= 0.6 is 0 Å². The van der Waals surface area contributed by atoms with Crippen LogP contribution in [0.5, 0.6) is 0 Å². The molecule has 0 aromatic heterocycles. The largest absolute Gasteiger partial charge is 0.388 e. The molecule has 1 heterocycles. The molecule has 1 N–H and O–H groups in total. The third kappa shape index (κ3) is 3.46. The van der Waals surface area contributed by atoms with Gasteiger partial charge in [0.2, 0.25) is 5.91 Å². The van der Waals surface area contributed by atoms with Crippen LogP contribution in [0.15, 0.2) is 18.2 Å². The minimum absolute atomic E-state index is 0.143. The van der Waals surface area contributed by atoms with Crippen molar-refractivity contribution in [2.45, 2.75) is 65.6 Å². The molecule has 3 nitrogen and oxygen atoms in total. The number of fused-ring (bicyclic) bond motifs is 1. The van der Waals surface area contributed by atoms with E-state index in [1.807, 2.05) is 11.0 Å². The summed E-state index contributed by atoms with van der Waals surface area (Å²) in [6.45, 7) is 7.64. The van der Waals surface area contributed by atoms with Gasteiger partial charge in [-0.1, -0.05) is 45.4 Å². The fourth-order valence-corrected chi connectivity index (χ4v) is 3.11. The van der Waals surface area contributed by atoms with Crippen molar-refractivity contribution in [1.29, 1.82) is 0 Å². The summed E-state index contributed by atoms with van der Waals surface area (Å²) in [5.74, 6) is 0.413. The second-order valence-electron chi connectivity index (χ2n) is 6.04. The lowest BCUT2D eigenvalue weighted by atomic mass is 10.0. The Labute approximate surface area is 128 Å². The third-order valence-electron chi connectivity index (χ3n) is 4.55. The molecule has 0 saturated heterocycles. The maximum Gasteiger partial charge on any atom is 0.226 e. The molecule has 1 amide bonds. The van der Waals surface area contributed by atoms with E-state index in [4.69, 9.17) is 0 Å². The molecule has 0 spiro atoms. The Kier molecular flexibility index (Phi) is 5.40. The van der Waals surface area contributed by atoms with Gasteiger partial charge < -0.3 is 10.0 Å². The summed E-state index contributed by atoms with van der Waals surface area (Å²) in [5, 5.41) is 10.1. The molecule has 0 radical (unpaired) electrons. The second-order valence-corrected chi connectivity index (χ2v) is 6.04. The molecule has 1 aromatic rings. The lowest BCUT2D eigenvalue weighted by Crippen LogP contribution is -2.31. The Balaban J connectivity index is 2.10. The van der Waals surface area contributed by atoms with Crippen molar-refractivity contribution in [1.82, 2.24) is 4.90 Å². The van der Waals surface area contributed by atoms with E-state index in [1.54, 1.807) is 0 Å². The zero-order chi connectivity index (χ0) is 15.4. The van der Waals surface area contributed by atoms with Gasteiger partial charge in [-0.2, -0.15) is 0 Å². The summed E-state index contributed by atoms with van der Waals surface area (Å²) in [5.41, 5.74) is 3.40. The molecular formula is C18H27NO2. The molecule has 1 aromatic carbocycles. The van der Waals surface area contributed by atoms with E-state index in [-0.39, 0.29) is 17.9 Å². The van der Waals surface area contributed by atoms with Crippen LogP contribution in [-0.4, -0.2) is 15.9 Å². The molecule has 2 rings (SSSR count). The summed E-state index contributed by atoms with van der Waals surface area (Å²) in [4.78, 5) is 14.4. The number of aliphatic hydroxyl groups excluding tert-OH is 1. The molecular weight excluding hydrogens is 262 g/mol. The maximum atomic E-state index is 12.5. The number of hydrogen-bond donors (Lipinski definition) is 1. The average molecular weight is 289 g/mol. The number of nitrogens with zero attached hydrogens (tertiary/aromatic N) is 1. The molecule has 116 valence electrons. The van der Waals surface area contributed by atoms with E-state index in [9.17, 15) is 9.90 Å². The quantitative estimate of drug-likeness (QED) is 0.865. The van der Waals surface area contributed by atoms with Gasteiger partial charge in [-0.25, -0.2) is 0 Å². The Morgan fingerprint density at radius 1 is 1.19 bits per heavy atom. The van der Waals surface area contributed by atoms with Crippen LogP contribution in [0.3, 0.4) is 0 Å². The molecule has 1 aliphatic rings. The zero-order valence-electron chi connectivity index (χ0n) is 13.4. The summed E-state index contributed by atoms with van der Waals surface area (Å²) in [7, 11) is 0. The monoisotopic (exact) mass is 289 g/mol. The van der Waals surface area contributed by atoms with Gasteiger partial charge in [0, 0.05) is 19.0 Å². The highest BCUT2D eigenvalue weighted by Gasteiger charge is 2.27. The van der Waals surface area contributed by atoms with Crippen LogP contribution in [-0.2, 0) is 17.9 Å². The van der Waals surface area contributed by atoms with Crippen LogP contribution in [0.25, 0.3) is 0 Å². The highest BCUT2D eigenvalue weighted by molar-refractivity contribution is 5.79. The molecule has 0 bridgehead atoms. The van der Waals surface area contributed by atoms with Crippen LogP contribution in [0.1, 0.15) is 69.2 Å². The number of carbonyl (C=O) groups excluding carboxylic acids is 1. The van der Waals surface area contributed by atoms with Crippen molar-refractivity contribution in [2.75, 3.05) is 0 Å². The molecule has 1 unspecified atom stereocenters. The molecule has 3 heteroatoms. The van der Waals surface area contributed by atoms with Crippen molar-refractivity contribution in [3.63, 3.8) is 0 Å². The first kappa shape index (κ1) is 16.0. The van der Waals surface area contributed by atoms with Crippen molar-refractivity contribution in [3.8, 4) is 0 Å². The van der Waals surface area contributed by atoms with Crippen molar-refractivity contribution < 1.29 is 9.90 Å². The summed E-state index contributed by atoms with van der Waals surface area (Å²) >= 11 is 0. The van der Waals surface area contributed by atoms with Gasteiger partial charge in [-0.3, -0.25) is 4.79 Å². The van der Waals surface area contributed by atoms with Gasteiger partial charge in [0.1, 0.15) is 0 Å². The van der Waals surface area contributed by atoms with Crippen molar-refractivity contribution in [2.24, 2.45) is 5.92 Å². The highest BCUT2D eigenvalue weighted by atomic mass is 16.3. The van der Waals surface area contributed by atoms with E-state index in [2.05, 4.69) is 32.9 Å². The first-order valence-corrected chi connectivity index (χ1v) is 8.19. The number of hydrogen-bond acceptors (Lipinski definition) is 2. The summed E-state index contributed by atoms with van der Waals surface area (Å²) < 4.78 is 0. The number of aliphatic hydroxyl groups is 1. The fourth-order valence-electron chi connectivity index (χ4n) is 3.11. The molecule has 0 saturated carbocycles. The smallest absolute Gasteiger partial charge is 0.226 e. The van der Waals surface area contributed by atoms with Crippen LogP contribution in [0.2, 0.25) is 0 Å². The number of rotatable bonds is 6. The van der Waals surface area contributed by atoms with Crippen LogP contribution < -0.4 is 0 Å². The Hall–Kier alpha value is -1.35. The maximum absolute atomic E-state index is 12.5. The van der Waals surface area contributed by atoms with Crippen molar-refractivity contribution in [3.05, 3.63) is 34.9 Å². The van der Waals surface area contributed by atoms with Gasteiger partial charge in [-0.05, 0) is 36.0 Å². The predicted molar refractivity (Wildman–Crippen MR) is 84.6 cm³/mol. The second kappa shape index (κ2) is 7.08. The van der Waals surface area contributed by atoms with E-state index in [0.29, 0.717) is 6.54 Å². The average Bonchev–Trinajstić information content (AvgIpc) is 2.91. The minimum atomic E-state index is -0.385. The van der Waals surface area contributed by atoms with Gasteiger partial charge in [0.25, 0.3) is 0 Å². The third-order valence-corrected chi connectivity index (χ3v) is 4.55. The molecule has 1 atom stereocenters. The number of amides is 1. The standard InChI is InChI=1S/C18H27NO2/c1-4-7-17(20)14-8-9-15-11-19(12-16(15)10-14)18(21)13(5-2)6-3/h8-10,13,17,20H,4-7,11-12H2,1-3H3. The van der Waals surface area contributed by atoms with Crippen LogP contribution in [0, 0.1) is 5.92 Å². The van der Waals surface area contributed by atoms with Crippen LogP contribution in [0.4, 0.5) is 0 Å². The van der Waals surface area contributed by atoms with E-state index < -0.39 is 0 Å². The first-order valence-electron chi connectivity index (χ1n) is 8.19. The minimum Gasteiger partial charge on any atom is -0.388 e. The lowest BCUT2D eigenvalue weighted by Gasteiger charge is -2.21. The molecule has 0 fully saturated rings.